The Balaban J connectivity index is 1.19. The second-order valence-electron chi connectivity index (χ2n) is 14.0. The van der Waals surface area contributed by atoms with E-state index in [-0.39, 0.29) is 17.4 Å². The number of amides is 4. The van der Waals surface area contributed by atoms with Crippen LogP contribution in [-0.4, -0.2) is 37.5 Å². The summed E-state index contributed by atoms with van der Waals surface area (Å²) in [7, 11) is 0. The van der Waals surface area contributed by atoms with Crippen molar-refractivity contribution >= 4 is 51.2 Å². The van der Waals surface area contributed by atoms with Crippen LogP contribution in [0.1, 0.15) is 70.5 Å². The fraction of sp³-hybridized carbons (Fsp3) is 0.222. The van der Waals surface area contributed by atoms with E-state index >= 15 is 0 Å². The van der Waals surface area contributed by atoms with Crippen molar-refractivity contribution in [1.29, 1.82) is 0 Å². The van der Waals surface area contributed by atoms with Gasteiger partial charge in [0, 0.05) is 30.6 Å². The lowest BCUT2D eigenvalue weighted by atomic mass is 9.76. The molecule has 1 N–H and O–H groups in total. The number of halogens is 1. The van der Waals surface area contributed by atoms with E-state index in [1.165, 1.54) is 22.9 Å². The lowest BCUT2D eigenvalue weighted by molar-refractivity contribution is -0.122. The first-order valence-corrected chi connectivity index (χ1v) is 19.2. The number of rotatable bonds is 9. The van der Waals surface area contributed by atoms with Gasteiger partial charge in [0.05, 0.1) is 16.8 Å². The second kappa shape index (κ2) is 15.0. The van der Waals surface area contributed by atoms with Gasteiger partial charge in [-0.05, 0) is 106 Å². The first-order valence-electron chi connectivity index (χ1n) is 18.4. The Hall–Kier alpha value is -5.67. The maximum absolute atomic E-state index is 14.4. The summed E-state index contributed by atoms with van der Waals surface area (Å²) >= 11 is 3.63. The van der Waals surface area contributed by atoms with Gasteiger partial charge in [-0.2, -0.15) is 0 Å². The molecular formula is C45H40BrN3O5. The van der Waals surface area contributed by atoms with Gasteiger partial charge in [-0.15, -0.1) is 0 Å². The van der Waals surface area contributed by atoms with Crippen molar-refractivity contribution in [2.24, 2.45) is 0 Å². The van der Waals surface area contributed by atoms with Crippen molar-refractivity contribution in [3.05, 3.63) is 158 Å². The zero-order chi connectivity index (χ0) is 37.3. The van der Waals surface area contributed by atoms with Crippen molar-refractivity contribution in [3.63, 3.8) is 0 Å². The Labute approximate surface area is 323 Å². The van der Waals surface area contributed by atoms with Crippen LogP contribution in [0.2, 0.25) is 0 Å². The molecule has 0 saturated carbocycles. The van der Waals surface area contributed by atoms with Crippen LogP contribution < -0.4 is 24.6 Å². The maximum atomic E-state index is 14.4. The van der Waals surface area contributed by atoms with Crippen LogP contribution in [0.15, 0.2) is 119 Å². The fourth-order valence-corrected chi connectivity index (χ4v) is 8.52. The number of nitrogens with one attached hydrogen (secondary N) is 1. The number of ether oxygens (including phenoxy) is 2. The highest BCUT2D eigenvalue weighted by atomic mass is 79.9. The molecule has 0 aromatic heterocycles. The Morgan fingerprint density at radius 2 is 1.41 bits per heavy atom. The van der Waals surface area contributed by atoms with Crippen LogP contribution in [0.5, 0.6) is 11.5 Å². The molecule has 3 heterocycles. The van der Waals surface area contributed by atoms with Gasteiger partial charge in [-0.3, -0.25) is 14.9 Å². The lowest BCUT2D eigenvalue weighted by Gasteiger charge is -2.44. The predicted molar refractivity (Wildman–Crippen MR) is 214 cm³/mol. The number of hydrogen-bond donors (Lipinski definition) is 1. The van der Waals surface area contributed by atoms with Crippen molar-refractivity contribution in [3.8, 4) is 11.5 Å². The van der Waals surface area contributed by atoms with E-state index in [9.17, 15) is 14.4 Å². The number of nitrogens with zero attached hydrogens (tertiary/aromatic N) is 2. The highest BCUT2D eigenvalue weighted by Gasteiger charge is 2.40. The van der Waals surface area contributed by atoms with Crippen LogP contribution in [0.3, 0.4) is 0 Å². The molecule has 0 unspecified atom stereocenters. The van der Waals surface area contributed by atoms with Crippen molar-refractivity contribution < 1.29 is 23.9 Å². The smallest absolute Gasteiger partial charge is 0.335 e. The van der Waals surface area contributed by atoms with Gasteiger partial charge in [-0.25, -0.2) is 9.69 Å². The highest BCUT2D eigenvalue weighted by Crippen LogP contribution is 2.50. The van der Waals surface area contributed by atoms with E-state index in [0.717, 1.165) is 53.1 Å². The minimum atomic E-state index is -0.777. The summed E-state index contributed by atoms with van der Waals surface area (Å²) in [6.45, 7) is 6.45. The second-order valence-corrected chi connectivity index (χ2v) is 14.8. The average molecular weight is 783 g/mol. The zero-order valence-corrected chi connectivity index (χ0v) is 31.8. The summed E-state index contributed by atoms with van der Waals surface area (Å²) in [5, 5.41) is 2.44. The Kier molecular flexibility index (Phi) is 9.82. The molecule has 8 rings (SSSR count). The molecule has 1 saturated heterocycles. The summed E-state index contributed by atoms with van der Waals surface area (Å²) in [6.07, 6.45) is 3.31. The number of anilines is 2. The van der Waals surface area contributed by atoms with Crippen LogP contribution in [0.4, 0.5) is 16.2 Å². The van der Waals surface area contributed by atoms with Gasteiger partial charge in [0.25, 0.3) is 11.8 Å². The monoisotopic (exact) mass is 781 g/mol. The van der Waals surface area contributed by atoms with E-state index in [0.29, 0.717) is 40.4 Å². The summed E-state index contributed by atoms with van der Waals surface area (Å²) in [6, 6.07) is 35.6. The van der Waals surface area contributed by atoms with Crippen LogP contribution >= 0.6 is 15.9 Å². The van der Waals surface area contributed by atoms with Gasteiger partial charge in [-0.1, -0.05) is 90.5 Å². The topological polar surface area (TPSA) is 88.2 Å². The first-order chi connectivity index (χ1) is 26.3. The minimum Gasteiger partial charge on any atom is -0.490 e. The number of hydrogen-bond acceptors (Lipinski definition) is 6. The molecule has 3 aliphatic rings. The first kappa shape index (κ1) is 35.4. The molecule has 2 atom stereocenters. The SMILES string of the molecule is CCOc1cc(/C=C2\C(=O)NC(=O)N(c3cc4c5c(c3)[C@@H](c3ccccc3)CCN5CC[C@@H]4c3ccccc3)C2=O)cc(Br)c1OCc1ccc(C)cc1. The Bertz CT molecular complexity index is 2200. The number of benzene rings is 5. The van der Waals surface area contributed by atoms with E-state index in [4.69, 9.17) is 9.47 Å². The molecule has 0 radical (unpaired) electrons. The number of carbonyl (C=O) groups excluding carboxylic acids is 3. The Morgan fingerprint density at radius 1 is 0.796 bits per heavy atom. The molecule has 5 aromatic rings. The normalized spacial score (nSPS) is 18.7. The molecule has 272 valence electrons. The fourth-order valence-electron chi connectivity index (χ4n) is 7.94. The van der Waals surface area contributed by atoms with Gasteiger partial charge >= 0.3 is 6.03 Å². The standard InChI is InChI=1S/C45H40BrN3O5/c1-3-53-40-24-30(23-39(46)42(40)54-27-29-16-14-28(2)15-17-29)22-38-43(50)47-45(52)49(44(38)51)33-25-36-34(31-10-6-4-7-11-31)18-20-48-21-19-35(37(26-33)41(36)48)32-12-8-5-9-13-32/h4-17,22-26,34-35H,3,18-21,27H2,1-2H3,(H,47,50,52)/b38-22+/t34-,35-/m1/s1. The Morgan fingerprint density at radius 3 is 2.00 bits per heavy atom. The van der Waals surface area contributed by atoms with Crippen LogP contribution in [-0.2, 0) is 16.2 Å². The van der Waals surface area contributed by atoms with E-state index in [2.05, 4.69) is 50.4 Å². The van der Waals surface area contributed by atoms with Crippen molar-refractivity contribution in [2.75, 3.05) is 29.5 Å². The molecule has 9 heteroatoms. The lowest BCUT2D eigenvalue weighted by Crippen LogP contribution is -2.54. The molecule has 54 heavy (non-hydrogen) atoms. The summed E-state index contributed by atoms with van der Waals surface area (Å²) in [5.41, 5.74) is 8.68. The van der Waals surface area contributed by atoms with Crippen LogP contribution in [0, 0.1) is 6.92 Å². The average Bonchev–Trinajstić information content (AvgIpc) is 3.18. The predicted octanol–water partition coefficient (Wildman–Crippen LogP) is 9.28. The number of carbonyl (C=O) groups is 3. The van der Waals surface area contributed by atoms with Gasteiger partial charge in [0.2, 0.25) is 0 Å². The zero-order valence-electron chi connectivity index (χ0n) is 30.2. The van der Waals surface area contributed by atoms with Gasteiger partial charge in [0.15, 0.2) is 11.5 Å². The third-order valence-corrected chi connectivity index (χ3v) is 11.1. The van der Waals surface area contributed by atoms with E-state index in [1.807, 2.05) is 86.6 Å². The molecule has 8 nitrogen and oxygen atoms in total. The van der Waals surface area contributed by atoms with Gasteiger partial charge in [0.1, 0.15) is 12.2 Å². The molecule has 0 aliphatic carbocycles. The molecule has 4 amide bonds. The van der Waals surface area contributed by atoms with E-state index in [1.54, 1.807) is 12.1 Å². The highest BCUT2D eigenvalue weighted by molar-refractivity contribution is 9.10. The summed E-state index contributed by atoms with van der Waals surface area (Å²) in [4.78, 5) is 45.1. The van der Waals surface area contributed by atoms with Gasteiger partial charge < -0.3 is 14.4 Å². The van der Waals surface area contributed by atoms with Crippen LogP contribution in [0.25, 0.3) is 6.08 Å². The molecule has 1 fully saturated rings. The molecule has 5 aromatic carbocycles. The summed E-state index contributed by atoms with van der Waals surface area (Å²) < 4.78 is 12.8. The molecule has 0 spiro atoms. The number of aryl methyl sites for hydroxylation is 1. The third-order valence-electron chi connectivity index (χ3n) is 10.5. The number of urea groups is 1. The third kappa shape index (κ3) is 6.80. The summed E-state index contributed by atoms with van der Waals surface area (Å²) in [5.74, 6) is -0.336. The molecule has 3 aliphatic heterocycles. The van der Waals surface area contributed by atoms with Crippen molar-refractivity contribution in [2.45, 2.75) is 45.1 Å². The minimum absolute atomic E-state index is 0.0753. The van der Waals surface area contributed by atoms with Crippen molar-refractivity contribution in [1.82, 2.24) is 5.32 Å². The molecule has 0 bridgehead atoms. The largest absolute Gasteiger partial charge is 0.490 e. The quantitative estimate of drug-likeness (QED) is 0.119. The maximum Gasteiger partial charge on any atom is 0.335 e. The molecular weight excluding hydrogens is 742 g/mol. The number of imide groups is 2. The van der Waals surface area contributed by atoms with E-state index < -0.39 is 17.8 Å². The number of barbiturate groups is 1.